The number of fused-ring (bicyclic) bond motifs is 1. The van der Waals surface area contributed by atoms with Crippen LogP contribution in [0.25, 0.3) is 17.0 Å². The molecule has 1 amide bonds. The predicted molar refractivity (Wildman–Crippen MR) is 131 cm³/mol. The Bertz CT molecular complexity index is 1240. The number of anilines is 1. The summed E-state index contributed by atoms with van der Waals surface area (Å²) in [7, 11) is 1.76. The van der Waals surface area contributed by atoms with E-state index in [1.807, 2.05) is 56.3 Å². The number of carbonyl (C=O) groups is 1. The van der Waals surface area contributed by atoms with Crippen molar-refractivity contribution in [2.75, 3.05) is 19.0 Å². The van der Waals surface area contributed by atoms with Crippen molar-refractivity contribution >= 4 is 57.4 Å². The Balaban J connectivity index is 1.54. The number of hydrogen-bond donors (Lipinski definition) is 2. The molecule has 0 saturated carbocycles. The van der Waals surface area contributed by atoms with Crippen molar-refractivity contribution in [2.45, 2.75) is 20.4 Å². The first-order valence-electron chi connectivity index (χ1n) is 10.1. The number of nitrogens with zero attached hydrogens (tertiary/aromatic N) is 3. The molecule has 2 aromatic carbocycles. The summed E-state index contributed by atoms with van der Waals surface area (Å²) in [6.45, 7) is 4.89. The van der Waals surface area contributed by atoms with Crippen LogP contribution in [0.2, 0.25) is 5.02 Å². The second-order valence-corrected chi connectivity index (χ2v) is 8.47. The molecule has 1 aromatic heterocycles. The third-order valence-electron chi connectivity index (χ3n) is 4.88. The molecule has 1 aliphatic heterocycles. The Labute approximate surface area is 195 Å². The second-order valence-electron chi connectivity index (χ2n) is 7.03. The van der Waals surface area contributed by atoms with Crippen molar-refractivity contribution in [3.05, 3.63) is 63.0 Å². The van der Waals surface area contributed by atoms with E-state index in [1.54, 1.807) is 7.05 Å². The third-order valence-corrected chi connectivity index (χ3v) is 6.17. The zero-order valence-corrected chi connectivity index (χ0v) is 19.5. The molecule has 164 valence electrons. The minimum Gasteiger partial charge on any atom is -0.477 e. The van der Waals surface area contributed by atoms with Gasteiger partial charge >= 0.3 is 0 Å². The fourth-order valence-corrected chi connectivity index (χ4v) is 4.35. The minimum atomic E-state index is -0.278. The number of halogens is 1. The number of aryl methyl sites for hydroxylation is 1. The lowest BCUT2D eigenvalue weighted by Crippen LogP contribution is -2.19. The quantitative estimate of drug-likeness (QED) is 0.503. The minimum absolute atomic E-state index is 0.278. The van der Waals surface area contributed by atoms with Gasteiger partial charge in [0.2, 0.25) is 11.8 Å². The highest BCUT2D eigenvalue weighted by molar-refractivity contribution is 8.18. The van der Waals surface area contributed by atoms with Gasteiger partial charge in [0.05, 0.1) is 22.4 Å². The summed E-state index contributed by atoms with van der Waals surface area (Å²) < 4.78 is 5.69. The Morgan fingerprint density at radius 3 is 2.81 bits per heavy atom. The molecule has 0 atom stereocenters. The van der Waals surface area contributed by atoms with Crippen molar-refractivity contribution in [3.63, 3.8) is 0 Å². The number of aliphatic imine (C=N–C) groups is 1. The molecule has 0 unspecified atom stereocenters. The maximum absolute atomic E-state index is 12.5. The monoisotopic (exact) mass is 467 g/mol. The molecule has 2 N–H and O–H groups in total. The maximum Gasteiger partial charge on any atom is 0.286 e. The van der Waals surface area contributed by atoms with Crippen LogP contribution in [0.4, 0.5) is 5.95 Å². The zero-order chi connectivity index (χ0) is 22.7. The fraction of sp³-hybridized carbons (Fsp3) is 0.217. The maximum atomic E-state index is 12.5. The number of amides is 1. The van der Waals surface area contributed by atoms with Crippen molar-refractivity contribution in [1.82, 2.24) is 15.3 Å². The molecule has 1 aliphatic rings. The van der Waals surface area contributed by atoms with Crippen molar-refractivity contribution in [1.29, 1.82) is 0 Å². The number of thioether (sulfide) groups is 1. The van der Waals surface area contributed by atoms with Crippen LogP contribution in [0.3, 0.4) is 0 Å². The van der Waals surface area contributed by atoms with Gasteiger partial charge < -0.3 is 15.4 Å². The van der Waals surface area contributed by atoms with Crippen LogP contribution in [0.15, 0.2) is 46.3 Å². The lowest BCUT2D eigenvalue weighted by atomic mass is 10.1. The molecule has 9 heteroatoms. The van der Waals surface area contributed by atoms with Gasteiger partial charge in [-0.15, -0.1) is 0 Å². The summed E-state index contributed by atoms with van der Waals surface area (Å²) in [4.78, 5) is 26.0. The summed E-state index contributed by atoms with van der Waals surface area (Å²) in [5.41, 5.74) is 3.67. The Kier molecular flexibility index (Phi) is 6.62. The number of rotatable bonds is 6. The number of amidine groups is 1. The van der Waals surface area contributed by atoms with Gasteiger partial charge in [-0.3, -0.25) is 4.79 Å². The first kappa shape index (κ1) is 22.1. The van der Waals surface area contributed by atoms with E-state index in [4.69, 9.17) is 16.3 Å². The highest BCUT2D eigenvalue weighted by Gasteiger charge is 2.22. The van der Waals surface area contributed by atoms with Crippen LogP contribution in [-0.4, -0.2) is 34.7 Å². The van der Waals surface area contributed by atoms with E-state index >= 15 is 0 Å². The predicted octanol–water partition coefficient (Wildman–Crippen LogP) is 4.79. The average molecular weight is 468 g/mol. The number of benzene rings is 2. The highest BCUT2D eigenvalue weighted by Crippen LogP contribution is 2.31. The van der Waals surface area contributed by atoms with Gasteiger partial charge in [0.25, 0.3) is 5.91 Å². The van der Waals surface area contributed by atoms with Crippen LogP contribution in [0.5, 0.6) is 5.88 Å². The summed E-state index contributed by atoms with van der Waals surface area (Å²) in [6.07, 6.45) is 1.81. The molecule has 3 aromatic rings. The van der Waals surface area contributed by atoms with Gasteiger partial charge in [-0.1, -0.05) is 29.8 Å². The van der Waals surface area contributed by atoms with Crippen LogP contribution in [-0.2, 0) is 11.3 Å². The van der Waals surface area contributed by atoms with Gasteiger partial charge in [-0.05, 0) is 66.6 Å². The van der Waals surface area contributed by atoms with Crippen LogP contribution in [0.1, 0.15) is 23.6 Å². The fourth-order valence-electron chi connectivity index (χ4n) is 3.26. The first-order chi connectivity index (χ1) is 15.5. The lowest BCUT2D eigenvalue weighted by molar-refractivity contribution is -0.113. The van der Waals surface area contributed by atoms with Crippen molar-refractivity contribution < 1.29 is 9.53 Å². The summed E-state index contributed by atoms with van der Waals surface area (Å²) in [5, 5.41) is 8.18. The molecule has 0 radical (unpaired) electrons. The topological polar surface area (TPSA) is 88.5 Å². The number of ether oxygens (including phenoxy) is 1. The second kappa shape index (κ2) is 9.58. The van der Waals surface area contributed by atoms with Crippen molar-refractivity contribution in [2.24, 2.45) is 4.99 Å². The van der Waals surface area contributed by atoms with Crippen LogP contribution in [0, 0.1) is 6.92 Å². The molecule has 4 rings (SSSR count). The SMILES string of the molecule is CCOc1nc(NC)nc2ccc(/C=C3\SC(NCc4c(C)cccc4Cl)=NC3=O)cc12. The van der Waals surface area contributed by atoms with E-state index in [0.717, 1.165) is 27.6 Å². The van der Waals surface area contributed by atoms with E-state index in [9.17, 15) is 4.79 Å². The van der Waals surface area contributed by atoms with Gasteiger partial charge in [0.1, 0.15) is 0 Å². The number of carbonyl (C=O) groups excluding carboxylic acids is 1. The Morgan fingerprint density at radius 1 is 1.22 bits per heavy atom. The average Bonchev–Trinajstić information content (AvgIpc) is 3.12. The van der Waals surface area contributed by atoms with Crippen molar-refractivity contribution in [3.8, 4) is 5.88 Å². The van der Waals surface area contributed by atoms with E-state index in [1.165, 1.54) is 11.8 Å². The van der Waals surface area contributed by atoms with Gasteiger partial charge in [-0.25, -0.2) is 4.98 Å². The van der Waals surface area contributed by atoms with Gasteiger partial charge in [0, 0.05) is 18.6 Å². The van der Waals surface area contributed by atoms with E-state index < -0.39 is 0 Å². The summed E-state index contributed by atoms with van der Waals surface area (Å²) in [5.74, 6) is 0.716. The molecule has 7 nitrogen and oxygen atoms in total. The van der Waals surface area contributed by atoms with E-state index in [2.05, 4.69) is 25.6 Å². The van der Waals surface area contributed by atoms with Crippen LogP contribution < -0.4 is 15.4 Å². The van der Waals surface area contributed by atoms with Gasteiger partial charge in [0.15, 0.2) is 5.17 Å². The molecular weight excluding hydrogens is 446 g/mol. The molecule has 0 aliphatic carbocycles. The molecule has 0 bridgehead atoms. The summed E-state index contributed by atoms with van der Waals surface area (Å²) in [6, 6.07) is 11.5. The number of hydrogen-bond acceptors (Lipinski definition) is 7. The normalized spacial score (nSPS) is 14.7. The van der Waals surface area contributed by atoms with E-state index in [-0.39, 0.29) is 5.91 Å². The molecular formula is C23H22ClN5O2S. The highest BCUT2D eigenvalue weighted by atomic mass is 35.5. The standard InChI is InChI=1S/C23H22ClN5O2S/c1-4-31-21-15-10-14(8-9-18(15)27-22(25-3)29-21)11-19-20(30)28-23(32-19)26-12-16-13(2)6-5-7-17(16)24/h5-11H,4,12H2,1-3H3,(H,25,27,29)(H,26,28,30)/b19-11-. The largest absolute Gasteiger partial charge is 0.477 e. The third kappa shape index (κ3) is 4.71. The lowest BCUT2D eigenvalue weighted by Gasteiger charge is -2.10. The Morgan fingerprint density at radius 2 is 2.06 bits per heavy atom. The van der Waals surface area contributed by atoms with E-state index in [0.29, 0.717) is 40.1 Å². The number of nitrogens with one attached hydrogen (secondary N) is 2. The number of aromatic nitrogens is 2. The molecule has 32 heavy (non-hydrogen) atoms. The molecule has 2 heterocycles. The first-order valence-corrected chi connectivity index (χ1v) is 11.3. The molecule has 0 fully saturated rings. The van der Waals surface area contributed by atoms with Gasteiger partial charge in [-0.2, -0.15) is 9.98 Å². The Hall–Kier alpha value is -3.10. The zero-order valence-electron chi connectivity index (χ0n) is 17.9. The molecule has 0 saturated heterocycles. The molecule has 0 spiro atoms. The summed E-state index contributed by atoms with van der Waals surface area (Å²) >= 11 is 7.60. The smallest absolute Gasteiger partial charge is 0.286 e. The van der Waals surface area contributed by atoms with Crippen LogP contribution >= 0.6 is 23.4 Å².